The molecule has 0 atom stereocenters. The van der Waals surface area contributed by atoms with Crippen LogP contribution in [0.15, 0.2) is 59.7 Å². The number of benzene rings is 2. The lowest BCUT2D eigenvalue weighted by Crippen LogP contribution is -2.07. The monoisotopic (exact) mass is 268 g/mol. The Kier molecular flexibility index (Phi) is 4.50. The van der Waals surface area contributed by atoms with Crippen molar-refractivity contribution in [3.8, 4) is 11.5 Å². The van der Waals surface area contributed by atoms with Gasteiger partial charge in [-0.3, -0.25) is 4.79 Å². The first-order chi connectivity index (χ1) is 9.65. The van der Waals surface area contributed by atoms with Gasteiger partial charge in [-0.05, 0) is 36.4 Å². The van der Waals surface area contributed by atoms with Gasteiger partial charge in [0.25, 0.3) is 0 Å². The van der Waals surface area contributed by atoms with Crippen molar-refractivity contribution in [1.29, 1.82) is 0 Å². The molecule has 0 aliphatic carbocycles. The molecule has 4 heteroatoms. The van der Waals surface area contributed by atoms with E-state index in [9.17, 15) is 4.79 Å². The second kappa shape index (κ2) is 6.52. The minimum atomic E-state index is -0.134. The quantitative estimate of drug-likeness (QED) is 0.475. The number of Topliss-reactive ketones (excluding diaryl/α,β-unsaturated/α-hetero) is 1. The molecule has 2 aromatic carbocycles. The van der Waals surface area contributed by atoms with Gasteiger partial charge in [0.1, 0.15) is 11.5 Å². The molecule has 0 spiro atoms. The fourth-order valence-electron chi connectivity index (χ4n) is 1.55. The van der Waals surface area contributed by atoms with Crippen molar-refractivity contribution in [2.45, 2.75) is 0 Å². The SMILES string of the molecule is CN(C)N=CC(=O)c1ccc(Oc2ccccc2)cc1. The molecule has 0 amide bonds. The van der Waals surface area contributed by atoms with Crippen molar-refractivity contribution in [1.82, 2.24) is 5.01 Å². The second-order valence-corrected chi connectivity index (χ2v) is 4.40. The van der Waals surface area contributed by atoms with E-state index >= 15 is 0 Å². The molecule has 0 saturated carbocycles. The van der Waals surface area contributed by atoms with Crippen LogP contribution in [0.2, 0.25) is 0 Å². The Labute approximate surface area is 118 Å². The Morgan fingerprint density at radius 2 is 1.60 bits per heavy atom. The van der Waals surface area contributed by atoms with Crippen molar-refractivity contribution in [3.05, 3.63) is 60.2 Å². The minimum Gasteiger partial charge on any atom is -0.457 e. The normalized spacial score (nSPS) is 10.5. The van der Waals surface area contributed by atoms with Gasteiger partial charge in [-0.1, -0.05) is 18.2 Å². The number of ether oxygens (including phenoxy) is 1. The van der Waals surface area contributed by atoms with E-state index in [1.54, 1.807) is 43.4 Å². The molecule has 0 N–H and O–H groups in total. The van der Waals surface area contributed by atoms with E-state index in [0.29, 0.717) is 11.3 Å². The van der Waals surface area contributed by atoms with Gasteiger partial charge >= 0.3 is 0 Å². The lowest BCUT2D eigenvalue weighted by molar-refractivity contribution is 0.106. The number of hydrogen-bond acceptors (Lipinski definition) is 4. The Hall–Kier alpha value is -2.62. The van der Waals surface area contributed by atoms with Crippen LogP contribution in [0.3, 0.4) is 0 Å². The third-order valence-electron chi connectivity index (χ3n) is 2.52. The number of carbonyl (C=O) groups is 1. The Balaban J connectivity index is 2.05. The first kappa shape index (κ1) is 13.8. The highest BCUT2D eigenvalue weighted by molar-refractivity contribution is 6.35. The number of hydrazone groups is 1. The summed E-state index contributed by atoms with van der Waals surface area (Å²) < 4.78 is 5.66. The van der Waals surface area contributed by atoms with E-state index in [0.717, 1.165) is 5.75 Å². The molecule has 0 unspecified atom stereocenters. The van der Waals surface area contributed by atoms with Crippen LogP contribution < -0.4 is 4.74 Å². The third-order valence-corrected chi connectivity index (χ3v) is 2.52. The van der Waals surface area contributed by atoms with E-state index < -0.39 is 0 Å². The van der Waals surface area contributed by atoms with Crippen LogP contribution in [0.25, 0.3) is 0 Å². The van der Waals surface area contributed by atoms with Crippen molar-refractivity contribution in [2.75, 3.05) is 14.1 Å². The van der Waals surface area contributed by atoms with Gasteiger partial charge in [-0.25, -0.2) is 0 Å². The number of rotatable bonds is 5. The fourth-order valence-corrected chi connectivity index (χ4v) is 1.55. The molecule has 0 heterocycles. The van der Waals surface area contributed by atoms with Crippen LogP contribution in [0.5, 0.6) is 11.5 Å². The zero-order chi connectivity index (χ0) is 14.4. The molecule has 2 rings (SSSR count). The van der Waals surface area contributed by atoms with E-state index in [2.05, 4.69) is 5.10 Å². The van der Waals surface area contributed by atoms with E-state index in [1.165, 1.54) is 6.21 Å². The predicted molar refractivity (Wildman–Crippen MR) is 79.5 cm³/mol. The summed E-state index contributed by atoms with van der Waals surface area (Å²) in [4.78, 5) is 11.8. The van der Waals surface area contributed by atoms with E-state index in [4.69, 9.17) is 4.74 Å². The molecule has 102 valence electrons. The summed E-state index contributed by atoms with van der Waals surface area (Å²) in [5.74, 6) is 1.32. The molecule has 0 bridgehead atoms. The maximum atomic E-state index is 11.8. The van der Waals surface area contributed by atoms with Crippen LogP contribution in [-0.4, -0.2) is 31.1 Å². The lowest BCUT2D eigenvalue weighted by atomic mass is 10.1. The summed E-state index contributed by atoms with van der Waals surface area (Å²) in [6.45, 7) is 0. The minimum absolute atomic E-state index is 0.134. The van der Waals surface area contributed by atoms with Gasteiger partial charge in [0.05, 0.1) is 6.21 Å². The molecule has 0 saturated heterocycles. The van der Waals surface area contributed by atoms with Gasteiger partial charge in [-0.2, -0.15) is 5.10 Å². The highest BCUT2D eigenvalue weighted by atomic mass is 16.5. The molecule has 0 radical (unpaired) electrons. The molecule has 0 aromatic heterocycles. The smallest absolute Gasteiger partial charge is 0.205 e. The van der Waals surface area contributed by atoms with Crippen LogP contribution in [0, 0.1) is 0 Å². The van der Waals surface area contributed by atoms with Crippen LogP contribution in [0.4, 0.5) is 0 Å². The summed E-state index contributed by atoms with van der Waals surface area (Å²) in [6, 6.07) is 16.5. The molecule has 0 aliphatic rings. The van der Waals surface area contributed by atoms with Crippen molar-refractivity contribution < 1.29 is 9.53 Å². The summed E-state index contributed by atoms with van der Waals surface area (Å²) >= 11 is 0. The number of carbonyl (C=O) groups excluding carboxylic acids is 1. The zero-order valence-corrected chi connectivity index (χ0v) is 11.5. The molecule has 0 fully saturated rings. The van der Waals surface area contributed by atoms with Gasteiger partial charge < -0.3 is 9.75 Å². The second-order valence-electron chi connectivity index (χ2n) is 4.40. The van der Waals surface area contributed by atoms with Crippen LogP contribution in [-0.2, 0) is 0 Å². The standard InChI is InChI=1S/C16H16N2O2/c1-18(2)17-12-16(19)13-8-10-15(11-9-13)20-14-6-4-3-5-7-14/h3-12H,1-2H3. The molecule has 20 heavy (non-hydrogen) atoms. The molecule has 2 aromatic rings. The fraction of sp³-hybridized carbons (Fsp3) is 0.125. The van der Waals surface area contributed by atoms with Crippen molar-refractivity contribution >= 4 is 12.0 Å². The zero-order valence-electron chi connectivity index (χ0n) is 11.5. The van der Waals surface area contributed by atoms with E-state index in [-0.39, 0.29) is 5.78 Å². The highest BCUT2D eigenvalue weighted by Gasteiger charge is 2.03. The van der Waals surface area contributed by atoms with Gasteiger partial charge in [0.2, 0.25) is 5.78 Å². The van der Waals surface area contributed by atoms with Crippen LogP contribution in [0.1, 0.15) is 10.4 Å². The highest BCUT2D eigenvalue weighted by Crippen LogP contribution is 2.21. The first-order valence-electron chi connectivity index (χ1n) is 6.24. The van der Waals surface area contributed by atoms with Gasteiger partial charge in [0.15, 0.2) is 0 Å². The summed E-state index contributed by atoms with van der Waals surface area (Å²) in [5, 5.41) is 5.49. The summed E-state index contributed by atoms with van der Waals surface area (Å²) in [7, 11) is 3.53. The van der Waals surface area contributed by atoms with Gasteiger partial charge in [-0.15, -0.1) is 0 Å². The molecular weight excluding hydrogens is 252 g/mol. The topological polar surface area (TPSA) is 41.9 Å². The third kappa shape index (κ3) is 3.95. The Bertz CT molecular complexity index is 590. The molecule has 4 nitrogen and oxygen atoms in total. The number of para-hydroxylation sites is 1. The Morgan fingerprint density at radius 3 is 2.20 bits per heavy atom. The Morgan fingerprint density at radius 1 is 1.00 bits per heavy atom. The number of nitrogens with zero attached hydrogens (tertiary/aromatic N) is 2. The van der Waals surface area contributed by atoms with Crippen LogP contribution >= 0.6 is 0 Å². The number of ketones is 1. The molecular formula is C16H16N2O2. The summed E-state index contributed by atoms with van der Waals surface area (Å²) in [6.07, 6.45) is 1.30. The maximum absolute atomic E-state index is 11.8. The summed E-state index contributed by atoms with van der Waals surface area (Å²) in [5.41, 5.74) is 0.580. The largest absolute Gasteiger partial charge is 0.457 e. The first-order valence-corrected chi connectivity index (χ1v) is 6.24. The van der Waals surface area contributed by atoms with Crippen molar-refractivity contribution in [2.24, 2.45) is 5.10 Å². The number of hydrogen-bond donors (Lipinski definition) is 0. The van der Waals surface area contributed by atoms with Gasteiger partial charge in [0, 0.05) is 19.7 Å². The maximum Gasteiger partial charge on any atom is 0.205 e. The average Bonchev–Trinajstić information content (AvgIpc) is 2.46. The van der Waals surface area contributed by atoms with Crippen molar-refractivity contribution in [3.63, 3.8) is 0 Å². The molecule has 0 aliphatic heterocycles. The predicted octanol–water partition coefficient (Wildman–Crippen LogP) is 3.21. The average molecular weight is 268 g/mol. The van der Waals surface area contributed by atoms with E-state index in [1.807, 2.05) is 30.3 Å². The lowest BCUT2D eigenvalue weighted by Gasteiger charge is -2.06.